The largest absolute Gasteiger partial charge is 0.332 e. The van der Waals surface area contributed by atoms with Crippen LogP contribution < -0.4 is 4.90 Å². The summed E-state index contributed by atoms with van der Waals surface area (Å²) in [5.41, 5.74) is 2.64. The van der Waals surface area contributed by atoms with E-state index in [1.54, 1.807) is 30.9 Å². The van der Waals surface area contributed by atoms with Crippen molar-refractivity contribution in [3.05, 3.63) is 77.9 Å². The van der Waals surface area contributed by atoms with Crippen molar-refractivity contribution in [3.63, 3.8) is 0 Å². The highest BCUT2D eigenvalue weighted by Gasteiger charge is 2.29. The maximum atomic E-state index is 13.4. The summed E-state index contributed by atoms with van der Waals surface area (Å²) in [6.45, 7) is 0.907. The minimum Gasteiger partial charge on any atom is -0.332 e. The zero-order valence-corrected chi connectivity index (χ0v) is 13.7. The summed E-state index contributed by atoms with van der Waals surface area (Å²) in [7, 11) is 0. The van der Waals surface area contributed by atoms with Crippen molar-refractivity contribution < 1.29 is 4.39 Å². The van der Waals surface area contributed by atoms with Gasteiger partial charge in [-0.05, 0) is 36.6 Å². The Kier molecular flexibility index (Phi) is 4.33. The molecule has 1 aromatic carbocycles. The molecule has 1 unspecified atom stereocenters. The number of anilines is 1. The average molecular weight is 335 g/mol. The molecule has 2 aromatic heterocycles. The zero-order chi connectivity index (χ0) is 17.1. The summed E-state index contributed by atoms with van der Waals surface area (Å²) >= 11 is 0. The maximum absolute atomic E-state index is 13.4. The van der Waals surface area contributed by atoms with Gasteiger partial charge >= 0.3 is 0 Å². The predicted octanol–water partition coefficient (Wildman–Crippen LogP) is 3.34. The Morgan fingerprint density at radius 1 is 1.12 bits per heavy atom. The first-order chi connectivity index (χ1) is 12.3. The van der Waals surface area contributed by atoms with Gasteiger partial charge in [0.15, 0.2) is 0 Å². The molecule has 25 heavy (non-hydrogen) atoms. The summed E-state index contributed by atoms with van der Waals surface area (Å²) in [5.74, 6) is 0.493. The van der Waals surface area contributed by atoms with Crippen LogP contribution in [0.3, 0.4) is 0 Å². The van der Waals surface area contributed by atoms with E-state index in [9.17, 15) is 4.39 Å². The SMILES string of the molecule is Fc1cccc(Cc2cncc(C3CCCN3c3ncccn3)n2)c1. The molecular weight excluding hydrogens is 317 g/mol. The van der Waals surface area contributed by atoms with Gasteiger partial charge in [-0.25, -0.2) is 14.4 Å². The zero-order valence-electron chi connectivity index (χ0n) is 13.7. The quantitative estimate of drug-likeness (QED) is 0.732. The van der Waals surface area contributed by atoms with Crippen molar-refractivity contribution in [2.24, 2.45) is 0 Å². The number of aromatic nitrogens is 4. The second-order valence-electron chi connectivity index (χ2n) is 6.14. The summed E-state index contributed by atoms with van der Waals surface area (Å²) in [4.78, 5) is 20.0. The topological polar surface area (TPSA) is 54.8 Å². The second-order valence-corrected chi connectivity index (χ2v) is 6.14. The Labute approximate surface area is 145 Å². The van der Waals surface area contributed by atoms with Crippen LogP contribution in [0.4, 0.5) is 10.3 Å². The van der Waals surface area contributed by atoms with Crippen molar-refractivity contribution in [1.82, 2.24) is 19.9 Å². The van der Waals surface area contributed by atoms with E-state index in [4.69, 9.17) is 4.98 Å². The molecule has 0 N–H and O–H groups in total. The van der Waals surface area contributed by atoms with E-state index < -0.39 is 0 Å². The molecule has 3 aromatic rings. The third-order valence-corrected chi connectivity index (χ3v) is 4.38. The number of rotatable bonds is 4. The van der Waals surface area contributed by atoms with Gasteiger partial charge in [-0.2, -0.15) is 0 Å². The fourth-order valence-electron chi connectivity index (χ4n) is 3.28. The van der Waals surface area contributed by atoms with Crippen LogP contribution in [0.1, 0.15) is 35.8 Å². The normalized spacial score (nSPS) is 17.0. The first-order valence-corrected chi connectivity index (χ1v) is 8.38. The highest BCUT2D eigenvalue weighted by Crippen LogP contribution is 2.33. The van der Waals surface area contributed by atoms with Crippen molar-refractivity contribution in [2.45, 2.75) is 25.3 Å². The van der Waals surface area contributed by atoms with Crippen molar-refractivity contribution in [2.75, 3.05) is 11.4 Å². The molecule has 1 atom stereocenters. The van der Waals surface area contributed by atoms with Crippen LogP contribution in [0.25, 0.3) is 0 Å². The molecule has 1 aliphatic heterocycles. The number of nitrogens with zero attached hydrogens (tertiary/aromatic N) is 5. The molecule has 0 spiro atoms. The first-order valence-electron chi connectivity index (χ1n) is 8.38. The molecule has 0 aliphatic carbocycles. The molecule has 0 radical (unpaired) electrons. The van der Waals surface area contributed by atoms with Gasteiger partial charge in [0.05, 0.1) is 23.6 Å². The van der Waals surface area contributed by atoms with E-state index >= 15 is 0 Å². The number of benzene rings is 1. The van der Waals surface area contributed by atoms with E-state index in [-0.39, 0.29) is 11.9 Å². The lowest BCUT2D eigenvalue weighted by Gasteiger charge is -2.24. The monoisotopic (exact) mass is 335 g/mol. The second kappa shape index (κ2) is 6.93. The Hall–Kier alpha value is -2.89. The molecule has 1 saturated heterocycles. The molecule has 4 rings (SSSR count). The third kappa shape index (κ3) is 3.47. The minimum atomic E-state index is -0.232. The van der Waals surface area contributed by atoms with Crippen LogP contribution in [0, 0.1) is 5.82 Å². The van der Waals surface area contributed by atoms with E-state index in [0.29, 0.717) is 6.42 Å². The molecule has 5 nitrogen and oxygen atoms in total. The summed E-state index contributed by atoms with van der Waals surface area (Å²) in [6, 6.07) is 8.54. The van der Waals surface area contributed by atoms with Crippen LogP contribution in [0.15, 0.2) is 55.1 Å². The van der Waals surface area contributed by atoms with Gasteiger partial charge in [0.1, 0.15) is 5.82 Å². The van der Waals surface area contributed by atoms with Gasteiger partial charge in [-0.3, -0.25) is 9.97 Å². The number of hydrogen-bond acceptors (Lipinski definition) is 5. The van der Waals surface area contributed by atoms with E-state index in [2.05, 4.69) is 19.9 Å². The highest BCUT2D eigenvalue weighted by molar-refractivity contribution is 5.35. The van der Waals surface area contributed by atoms with Crippen LogP contribution in [0.5, 0.6) is 0 Å². The Morgan fingerprint density at radius 3 is 2.84 bits per heavy atom. The smallest absolute Gasteiger partial charge is 0.225 e. The van der Waals surface area contributed by atoms with E-state index in [1.165, 1.54) is 12.1 Å². The lowest BCUT2D eigenvalue weighted by atomic mass is 10.1. The Morgan fingerprint density at radius 2 is 2.00 bits per heavy atom. The molecule has 0 bridgehead atoms. The predicted molar refractivity (Wildman–Crippen MR) is 92.6 cm³/mol. The molecule has 3 heterocycles. The standard InChI is InChI=1S/C19H18FN5/c20-15-5-1-4-14(10-15)11-16-12-21-13-17(24-16)18-6-2-9-25(18)19-22-7-3-8-23-19/h1,3-5,7-8,10,12-13,18H,2,6,9,11H2. The van der Waals surface area contributed by atoms with Crippen molar-refractivity contribution in [3.8, 4) is 0 Å². The fraction of sp³-hybridized carbons (Fsp3) is 0.263. The molecule has 1 aliphatic rings. The summed E-state index contributed by atoms with van der Waals surface area (Å²) in [6.07, 6.45) is 9.68. The third-order valence-electron chi connectivity index (χ3n) is 4.38. The molecule has 126 valence electrons. The van der Waals surface area contributed by atoms with Gasteiger partial charge in [0.2, 0.25) is 5.95 Å². The maximum Gasteiger partial charge on any atom is 0.225 e. The Balaban J connectivity index is 1.58. The highest BCUT2D eigenvalue weighted by atomic mass is 19.1. The van der Waals surface area contributed by atoms with Crippen LogP contribution in [-0.4, -0.2) is 26.5 Å². The summed E-state index contributed by atoms with van der Waals surface area (Å²) in [5, 5.41) is 0. The summed E-state index contributed by atoms with van der Waals surface area (Å²) < 4.78 is 13.4. The minimum absolute atomic E-state index is 0.127. The first kappa shape index (κ1) is 15.6. The lowest BCUT2D eigenvalue weighted by molar-refractivity contribution is 0.625. The molecule has 1 fully saturated rings. The lowest BCUT2D eigenvalue weighted by Crippen LogP contribution is -2.25. The van der Waals surface area contributed by atoms with E-state index in [1.807, 2.05) is 12.1 Å². The van der Waals surface area contributed by atoms with Crippen LogP contribution in [0.2, 0.25) is 0 Å². The average Bonchev–Trinajstić information content (AvgIpc) is 3.13. The van der Waals surface area contributed by atoms with Gasteiger partial charge in [0, 0.05) is 31.6 Å². The van der Waals surface area contributed by atoms with E-state index in [0.717, 1.165) is 42.3 Å². The van der Waals surface area contributed by atoms with Crippen molar-refractivity contribution >= 4 is 5.95 Å². The Bertz CT molecular complexity index is 855. The van der Waals surface area contributed by atoms with Gasteiger partial charge < -0.3 is 4.90 Å². The molecular formula is C19H18FN5. The van der Waals surface area contributed by atoms with Gasteiger partial charge in [-0.15, -0.1) is 0 Å². The number of hydrogen-bond donors (Lipinski definition) is 0. The van der Waals surface area contributed by atoms with Crippen LogP contribution >= 0.6 is 0 Å². The van der Waals surface area contributed by atoms with Gasteiger partial charge in [-0.1, -0.05) is 12.1 Å². The molecule has 6 heteroatoms. The number of halogens is 1. The van der Waals surface area contributed by atoms with Crippen molar-refractivity contribution in [1.29, 1.82) is 0 Å². The molecule has 0 amide bonds. The van der Waals surface area contributed by atoms with Crippen LogP contribution in [-0.2, 0) is 6.42 Å². The fourth-order valence-corrected chi connectivity index (χ4v) is 3.28. The molecule has 0 saturated carbocycles. The van der Waals surface area contributed by atoms with Gasteiger partial charge in [0.25, 0.3) is 0 Å².